The molecule has 0 unspecified atom stereocenters. The Bertz CT molecular complexity index is 590. The summed E-state index contributed by atoms with van der Waals surface area (Å²) in [5, 5.41) is 0.844. The number of fused-ring (bicyclic) bond motifs is 2. The maximum atomic E-state index is 12.7. The fourth-order valence-corrected chi connectivity index (χ4v) is 4.51. The van der Waals surface area contributed by atoms with E-state index in [2.05, 4.69) is 0 Å². The summed E-state index contributed by atoms with van der Waals surface area (Å²) in [4.78, 5) is 28.5. The van der Waals surface area contributed by atoms with Crippen molar-refractivity contribution in [2.45, 2.75) is 37.8 Å². The highest BCUT2D eigenvalue weighted by Gasteiger charge is 2.56. The van der Waals surface area contributed by atoms with E-state index in [0.29, 0.717) is 21.7 Å². The lowest BCUT2D eigenvalue weighted by atomic mass is 9.75. The molecule has 4 fully saturated rings. The summed E-state index contributed by atoms with van der Waals surface area (Å²) < 4.78 is 0. The zero-order chi connectivity index (χ0) is 14.7. The third kappa shape index (κ3) is 1.89. The number of carbonyl (C=O) groups is 2. The van der Waals surface area contributed by atoms with E-state index in [0.717, 1.165) is 25.7 Å². The van der Waals surface area contributed by atoms with Crippen molar-refractivity contribution in [1.82, 2.24) is 4.90 Å². The van der Waals surface area contributed by atoms with Gasteiger partial charge in [0.05, 0.1) is 5.69 Å². The van der Waals surface area contributed by atoms with Crippen LogP contribution >= 0.6 is 23.2 Å². The lowest BCUT2D eigenvalue weighted by molar-refractivity contribution is -0.124. The second kappa shape index (κ2) is 4.62. The minimum absolute atomic E-state index is 0.132. The van der Waals surface area contributed by atoms with E-state index < -0.39 is 0 Å². The summed E-state index contributed by atoms with van der Waals surface area (Å²) in [6.45, 7) is 0. The fraction of sp³-hybridized carbons (Fsp3) is 0.467. The molecule has 1 aliphatic carbocycles. The van der Waals surface area contributed by atoms with Crippen LogP contribution in [0.15, 0.2) is 18.2 Å². The summed E-state index contributed by atoms with van der Waals surface area (Å²) in [7, 11) is 0. The second-order valence-electron chi connectivity index (χ2n) is 6.00. The van der Waals surface area contributed by atoms with Crippen LogP contribution in [-0.2, 0) is 4.79 Å². The van der Waals surface area contributed by atoms with Gasteiger partial charge in [0, 0.05) is 16.1 Å². The first kappa shape index (κ1) is 13.4. The van der Waals surface area contributed by atoms with Crippen LogP contribution in [0.25, 0.3) is 0 Å². The zero-order valence-electron chi connectivity index (χ0n) is 11.3. The summed E-state index contributed by atoms with van der Waals surface area (Å²) >= 11 is 12.0. The molecular weight excluding hydrogens is 311 g/mol. The van der Waals surface area contributed by atoms with Gasteiger partial charge in [0.15, 0.2) is 0 Å². The van der Waals surface area contributed by atoms with Gasteiger partial charge in [-0.05, 0) is 49.8 Å². The molecule has 3 saturated heterocycles. The van der Waals surface area contributed by atoms with Gasteiger partial charge in [-0.25, -0.2) is 9.69 Å². The minimum Gasteiger partial charge on any atom is -0.309 e. The van der Waals surface area contributed by atoms with Gasteiger partial charge < -0.3 is 4.90 Å². The maximum Gasteiger partial charge on any atom is 0.332 e. The Morgan fingerprint density at radius 3 is 2.14 bits per heavy atom. The molecule has 6 heteroatoms. The van der Waals surface area contributed by atoms with E-state index >= 15 is 0 Å². The standard InChI is InChI=1S/C15H14Cl2N2O2/c16-9-5-10(17)7-12(6-9)19-14(20)13-8-1-3-11(4-2-8)18(13)15(19)21/h5-8,11,13H,1-4H2/t8?,11?,13-/m0/s1. The Kier molecular flexibility index (Phi) is 2.95. The SMILES string of the molecule is O=C1[C@@H]2C3CCC(CC3)N2C(=O)N1c1cc(Cl)cc(Cl)c1. The Balaban J connectivity index is 1.77. The van der Waals surface area contributed by atoms with E-state index in [1.165, 1.54) is 4.90 Å². The average molecular weight is 325 g/mol. The molecule has 2 bridgehead atoms. The Hall–Kier alpha value is -1.26. The number of hydrogen-bond donors (Lipinski definition) is 0. The van der Waals surface area contributed by atoms with Crippen molar-refractivity contribution < 1.29 is 9.59 Å². The second-order valence-corrected chi connectivity index (χ2v) is 6.88. The molecule has 0 N–H and O–H groups in total. The number of imide groups is 1. The fourth-order valence-electron chi connectivity index (χ4n) is 3.99. The molecule has 0 spiro atoms. The third-order valence-corrected chi connectivity index (χ3v) is 5.31. The van der Waals surface area contributed by atoms with Gasteiger partial charge in [-0.2, -0.15) is 0 Å². The highest BCUT2D eigenvalue weighted by atomic mass is 35.5. The summed E-state index contributed by atoms with van der Waals surface area (Å²) in [5.41, 5.74) is 0.469. The number of benzene rings is 1. The maximum absolute atomic E-state index is 12.7. The molecule has 21 heavy (non-hydrogen) atoms. The van der Waals surface area contributed by atoms with Crippen LogP contribution < -0.4 is 4.90 Å². The molecule has 1 atom stereocenters. The number of nitrogens with zero attached hydrogens (tertiary/aromatic N) is 2. The van der Waals surface area contributed by atoms with Gasteiger partial charge in [-0.1, -0.05) is 23.2 Å². The summed E-state index contributed by atoms with van der Waals surface area (Å²) in [6.07, 6.45) is 4.08. The molecule has 4 aliphatic rings. The molecule has 1 aromatic rings. The van der Waals surface area contributed by atoms with E-state index in [-0.39, 0.29) is 24.0 Å². The van der Waals surface area contributed by atoms with Crippen molar-refractivity contribution in [1.29, 1.82) is 0 Å². The van der Waals surface area contributed by atoms with Crippen LogP contribution in [0.4, 0.5) is 10.5 Å². The number of urea groups is 1. The number of anilines is 1. The Labute approximate surface area is 132 Å². The van der Waals surface area contributed by atoms with Crippen molar-refractivity contribution in [3.8, 4) is 0 Å². The number of halogens is 2. The van der Waals surface area contributed by atoms with Gasteiger partial charge in [0.25, 0.3) is 5.91 Å². The van der Waals surface area contributed by atoms with Crippen LogP contribution in [0.1, 0.15) is 25.7 Å². The van der Waals surface area contributed by atoms with Crippen LogP contribution in [0, 0.1) is 5.92 Å². The zero-order valence-corrected chi connectivity index (χ0v) is 12.8. The van der Waals surface area contributed by atoms with Crippen molar-refractivity contribution >= 4 is 40.8 Å². The summed E-state index contributed by atoms with van der Waals surface area (Å²) in [5.74, 6) is 0.166. The van der Waals surface area contributed by atoms with Gasteiger partial charge in [0.1, 0.15) is 6.04 Å². The number of hydrogen-bond acceptors (Lipinski definition) is 2. The van der Waals surface area contributed by atoms with Gasteiger partial charge in [0.2, 0.25) is 0 Å². The predicted octanol–water partition coefficient (Wildman–Crippen LogP) is 3.70. The smallest absolute Gasteiger partial charge is 0.309 e. The molecule has 1 saturated carbocycles. The van der Waals surface area contributed by atoms with E-state index in [9.17, 15) is 9.59 Å². The van der Waals surface area contributed by atoms with Crippen molar-refractivity contribution in [3.05, 3.63) is 28.2 Å². The van der Waals surface area contributed by atoms with Crippen LogP contribution in [-0.4, -0.2) is 28.9 Å². The summed E-state index contributed by atoms with van der Waals surface area (Å²) in [6, 6.07) is 4.51. The van der Waals surface area contributed by atoms with Gasteiger partial charge in [-0.3, -0.25) is 4.79 Å². The highest BCUT2D eigenvalue weighted by Crippen LogP contribution is 2.45. The van der Waals surface area contributed by atoms with Crippen LogP contribution in [0.3, 0.4) is 0 Å². The average Bonchev–Trinajstić information content (AvgIpc) is 2.73. The topological polar surface area (TPSA) is 40.6 Å². The molecule has 5 rings (SSSR count). The van der Waals surface area contributed by atoms with Gasteiger partial charge in [-0.15, -0.1) is 0 Å². The molecule has 110 valence electrons. The molecular formula is C15H14Cl2N2O2. The molecule has 1 aromatic carbocycles. The number of amides is 3. The molecule has 0 radical (unpaired) electrons. The largest absolute Gasteiger partial charge is 0.332 e. The predicted molar refractivity (Wildman–Crippen MR) is 80.7 cm³/mol. The number of carbonyl (C=O) groups excluding carboxylic acids is 2. The number of piperidine rings is 2. The lowest BCUT2D eigenvalue weighted by Crippen LogP contribution is -2.54. The minimum atomic E-state index is -0.289. The van der Waals surface area contributed by atoms with E-state index in [4.69, 9.17) is 23.2 Å². The number of rotatable bonds is 1. The first-order chi connectivity index (χ1) is 10.1. The first-order valence-electron chi connectivity index (χ1n) is 7.18. The molecule has 4 nitrogen and oxygen atoms in total. The third-order valence-electron chi connectivity index (χ3n) is 4.87. The quantitative estimate of drug-likeness (QED) is 0.739. The normalized spacial score (nSPS) is 31.0. The first-order valence-corrected chi connectivity index (χ1v) is 7.94. The van der Waals surface area contributed by atoms with Crippen molar-refractivity contribution in [2.75, 3.05) is 4.90 Å². The Morgan fingerprint density at radius 1 is 0.952 bits per heavy atom. The van der Waals surface area contributed by atoms with Crippen molar-refractivity contribution in [3.63, 3.8) is 0 Å². The van der Waals surface area contributed by atoms with Crippen molar-refractivity contribution in [2.24, 2.45) is 5.92 Å². The molecule has 0 aromatic heterocycles. The highest BCUT2D eigenvalue weighted by molar-refractivity contribution is 6.35. The van der Waals surface area contributed by atoms with E-state index in [1.54, 1.807) is 23.1 Å². The monoisotopic (exact) mass is 324 g/mol. The molecule has 3 heterocycles. The Morgan fingerprint density at radius 2 is 1.57 bits per heavy atom. The molecule has 3 amide bonds. The van der Waals surface area contributed by atoms with E-state index in [1.807, 2.05) is 0 Å². The van der Waals surface area contributed by atoms with Crippen LogP contribution in [0.5, 0.6) is 0 Å². The van der Waals surface area contributed by atoms with Gasteiger partial charge >= 0.3 is 6.03 Å². The lowest BCUT2D eigenvalue weighted by Gasteiger charge is -2.45. The molecule has 3 aliphatic heterocycles. The van der Waals surface area contributed by atoms with Crippen LogP contribution in [0.2, 0.25) is 10.0 Å².